The van der Waals surface area contributed by atoms with Crippen molar-refractivity contribution >= 4 is 16.7 Å². The molecule has 0 bridgehead atoms. The maximum absolute atomic E-state index is 5.42. The number of nitrogens with one attached hydrogen (secondary N) is 1. The predicted octanol–water partition coefficient (Wildman–Crippen LogP) is 3.19. The van der Waals surface area contributed by atoms with Gasteiger partial charge in [-0.15, -0.1) is 0 Å². The normalized spacial score (nSPS) is 10.5. The molecule has 0 spiro atoms. The van der Waals surface area contributed by atoms with Crippen LogP contribution < -0.4 is 11.3 Å². The van der Waals surface area contributed by atoms with Crippen molar-refractivity contribution in [3.05, 3.63) is 60.7 Å². The second-order valence-corrected chi connectivity index (χ2v) is 4.08. The third kappa shape index (κ3) is 1.81. The van der Waals surface area contributed by atoms with Gasteiger partial charge in [0.2, 0.25) is 0 Å². The monoisotopic (exact) mass is 235 g/mol. The number of hydrogen-bond donors (Lipinski definition) is 2. The molecule has 3 nitrogen and oxygen atoms in total. The number of nitrogens with zero attached hydrogens (tertiary/aromatic N) is 1. The minimum absolute atomic E-state index is 0.672. The maximum Gasteiger partial charge on any atom is 0.140 e. The summed E-state index contributed by atoms with van der Waals surface area (Å²) in [5, 5.41) is 1.11. The second-order valence-electron chi connectivity index (χ2n) is 4.08. The lowest BCUT2D eigenvalue weighted by molar-refractivity contribution is 1.26. The number of aromatic nitrogens is 1. The van der Waals surface area contributed by atoms with Crippen LogP contribution >= 0.6 is 0 Å². The highest BCUT2D eigenvalue weighted by Crippen LogP contribution is 2.27. The van der Waals surface area contributed by atoms with E-state index in [1.165, 1.54) is 0 Å². The van der Waals surface area contributed by atoms with Crippen molar-refractivity contribution in [2.75, 3.05) is 5.43 Å². The molecule has 0 radical (unpaired) electrons. The Labute approximate surface area is 105 Å². The Hall–Kier alpha value is -2.39. The average molecular weight is 235 g/mol. The van der Waals surface area contributed by atoms with Crippen molar-refractivity contribution in [1.82, 2.24) is 4.98 Å². The Morgan fingerprint density at radius 1 is 0.833 bits per heavy atom. The Bertz CT molecular complexity index is 678. The fourth-order valence-corrected chi connectivity index (χ4v) is 2.08. The van der Waals surface area contributed by atoms with Crippen molar-refractivity contribution in [3.8, 4) is 11.1 Å². The Kier molecular flexibility index (Phi) is 2.67. The molecule has 0 saturated carbocycles. The van der Waals surface area contributed by atoms with Gasteiger partial charge in [-0.05, 0) is 17.7 Å². The molecule has 3 aromatic rings. The minimum atomic E-state index is 0.672. The van der Waals surface area contributed by atoms with Crippen molar-refractivity contribution in [2.45, 2.75) is 0 Å². The van der Waals surface area contributed by atoms with Crippen LogP contribution in [0.2, 0.25) is 0 Å². The number of hydrogen-bond acceptors (Lipinski definition) is 3. The maximum atomic E-state index is 5.42. The zero-order valence-corrected chi connectivity index (χ0v) is 9.80. The van der Waals surface area contributed by atoms with Gasteiger partial charge in [-0.3, -0.25) is 0 Å². The summed E-state index contributed by atoms with van der Waals surface area (Å²) in [6.45, 7) is 0. The standard InChI is InChI=1S/C15H13N3/c16-18-14-10-9-12-7-4-8-13(15(12)17-14)11-5-2-1-3-6-11/h1-10H,16H2,(H,17,18). The molecule has 1 heterocycles. The van der Waals surface area contributed by atoms with E-state index in [1.807, 2.05) is 36.4 Å². The quantitative estimate of drug-likeness (QED) is 0.530. The number of anilines is 1. The van der Waals surface area contributed by atoms with E-state index in [0.29, 0.717) is 5.82 Å². The van der Waals surface area contributed by atoms with Crippen molar-refractivity contribution in [3.63, 3.8) is 0 Å². The molecule has 0 fully saturated rings. The minimum Gasteiger partial charge on any atom is -0.308 e. The number of nitrogens with two attached hydrogens (primary N) is 1. The van der Waals surface area contributed by atoms with Crippen molar-refractivity contribution in [1.29, 1.82) is 0 Å². The van der Waals surface area contributed by atoms with Crippen molar-refractivity contribution < 1.29 is 0 Å². The van der Waals surface area contributed by atoms with Crippen LogP contribution in [-0.4, -0.2) is 4.98 Å². The number of pyridine rings is 1. The Morgan fingerprint density at radius 2 is 1.67 bits per heavy atom. The average Bonchev–Trinajstić information content (AvgIpc) is 2.47. The van der Waals surface area contributed by atoms with E-state index < -0.39 is 0 Å². The lowest BCUT2D eigenvalue weighted by Crippen LogP contribution is -2.08. The highest BCUT2D eigenvalue weighted by Gasteiger charge is 2.05. The number of hydrazine groups is 1. The van der Waals surface area contributed by atoms with Gasteiger partial charge in [0.25, 0.3) is 0 Å². The number of nitrogen functional groups attached to an aromatic ring is 1. The van der Waals surface area contributed by atoms with Gasteiger partial charge < -0.3 is 5.43 Å². The first-order valence-corrected chi connectivity index (χ1v) is 5.80. The van der Waals surface area contributed by atoms with Crippen LogP contribution in [-0.2, 0) is 0 Å². The summed E-state index contributed by atoms with van der Waals surface area (Å²) in [5.41, 5.74) is 5.82. The first kappa shape index (κ1) is 10.7. The third-order valence-electron chi connectivity index (χ3n) is 2.95. The van der Waals surface area contributed by atoms with E-state index in [2.05, 4.69) is 34.7 Å². The number of rotatable bonds is 2. The first-order valence-electron chi connectivity index (χ1n) is 5.80. The van der Waals surface area contributed by atoms with E-state index in [9.17, 15) is 0 Å². The van der Waals surface area contributed by atoms with Gasteiger partial charge >= 0.3 is 0 Å². The third-order valence-corrected chi connectivity index (χ3v) is 2.95. The fourth-order valence-electron chi connectivity index (χ4n) is 2.08. The van der Waals surface area contributed by atoms with Crippen LogP contribution in [0.15, 0.2) is 60.7 Å². The molecule has 0 unspecified atom stereocenters. The van der Waals surface area contributed by atoms with Crippen LogP contribution in [0.1, 0.15) is 0 Å². The smallest absolute Gasteiger partial charge is 0.140 e. The van der Waals surface area contributed by atoms with Gasteiger partial charge in [-0.1, -0.05) is 48.5 Å². The van der Waals surface area contributed by atoms with Crippen molar-refractivity contribution in [2.24, 2.45) is 5.84 Å². The first-order chi connectivity index (χ1) is 8.88. The molecule has 0 amide bonds. The van der Waals surface area contributed by atoms with Crippen LogP contribution in [0, 0.1) is 0 Å². The highest BCUT2D eigenvalue weighted by atomic mass is 15.2. The number of benzene rings is 2. The molecule has 3 N–H and O–H groups in total. The molecular formula is C15H13N3. The largest absolute Gasteiger partial charge is 0.308 e. The lowest BCUT2D eigenvalue weighted by Gasteiger charge is -2.07. The molecule has 1 aromatic heterocycles. The molecule has 18 heavy (non-hydrogen) atoms. The van der Waals surface area contributed by atoms with E-state index in [0.717, 1.165) is 22.0 Å². The SMILES string of the molecule is NNc1ccc2cccc(-c3ccccc3)c2n1. The summed E-state index contributed by atoms with van der Waals surface area (Å²) in [6.07, 6.45) is 0. The number of fused-ring (bicyclic) bond motifs is 1. The molecule has 0 aliphatic rings. The summed E-state index contributed by atoms with van der Waals surface area (Å²) >= 11 is 0. The molecule has 3 heteroatoms. The summed E-state index contributed by atoms with van der Waals surface area (Å²) in [6, 6.07) is 20.3. The molecule has 0 atom stereocenters. The van der Waals surface area contributed by atoms with E-state index in [1.54, 1.807) is 0 Å². The zero-order chi connectivity index (χ0) is 12.4. The second kappa shape index (κ2) is 4.47. The van der Waals surface area contributed by atoms with E-state index in [-0.39, 0.29) is 0 Å². The lowest BCUT2D eigenvalue weighted by atomic mass is 10.0. The summed E-state index contributed by atoms with van der Waals surface area (Å²) in [5.74, 6) is 6.09. The van der Waals surface area contributed by atoms with Crippen LogP contribution in [0.25, 0.3) is 22.0 Å². The van der Waals surface area contributed by atoms with Gasteiger partial charge in [0.05, 0.1) is 5.52 Å². The van der Waals surface area contributed by atoms with Gasteiger partial charge in [0.1, 0.15) is 5.82 Å². The van der Waals surface area contributed by atoms with Crippen LogP contribution in [0.5, 0.6) is 0 Å². The predicted molar refractivity (Wildman–Crippen MR) is 75.0 cm³/mol. The van der Waals surface area contributed by atoms with Gasteiger partial charge in [-0.2, -0.15) is 0 Å². The number of para-hydroxylation sites is 1. The highest BCUT2D eigenvalue weighted by molar-refractivity contribution is 5.94. The van der Waals surface area contributed by atoms with E-state index in [4.69, 9.17) is 5.84 Å². The summed E-state index contributed by atoms with van der Waals surface area (Å²) in [4.78, 5) is 4.53. The van der Waals surface area contributed by atoms with Gasteiger partial charge in [0.15, 0.2) is 0 Å². The van der Waals surface area contributed by atoms with Crippen LogP contribution in [0.3, 0.4) is 0 Å². The fraction of sp³-hybridized carbons (Fsp3) is 0. The molecule has 0 saturated heterocycles. The molecule has 3 rings (SSSR count). The van der Waals surface area contributed by atoms with Crippen LogP contribution in [0.4, 0.5) is 5.82 Å². The summed E-state index contributed by atoms with van der Waals surface area (Å²) < 4.78 is 0. The Morgan fingerprint density at radius 3 is 2.44 bits per heavy atom. The topological polar surface area (TPSA) is 50.9 Å². The van der Waals surface area contributed by atoms with E-state index >= 15 is 0 Å². The van der Waals surface area contributed by atoms with Gasteiger partial charge in [0, 0.05) is 10.9 Å². The molecule has 88 valence electrons. The van der Waals surface area contributed by atoms with Gasteiger partial charge in [-0.25, -0.2) is 10.8 Å². The molecule has 0 aliphatic heterocycles. The zero-order valence-electron chi connectivity index (χ0n) is 9.80. The molecule has 0 aliphatic carbocycles. The Balaban J connectivity index is 2.29. The molecular weight excluding hydrogens is 222 g/mol. The summed E-state index contributed by atoms with van der Waals surface area (Å²) in [7, 11) is 0. The molecule has 2 aromatic carbocycles.